The molecule has 2 aromatic rings. The number of carboxylic acids is 1. The molecule has 34 heavy (non-hydrogen) atoms. The van der Waals surface area contributed by atoms with E-state index in [1.54, 1.807) is 31.2 Å². The summed E-state index contributed by atoms with van der Waals surface area (Å²) < 4.78 is 41.5. The van der Waals surface area contributed by atoms with Crippen LogP contribution in [0, 0.1) is 0 Å². The van der Waals surface area contributed by atoms with E-state index < -0.39 is 20.6 Å². The highest BCUT2D eigenvalue weighted by molar-refractivity contribution is 7.93. The molecule has 186 valence electrons. The molecule has 0 aliphatic carbocycles. The van der Waals surface area contributed by atoms with Crippen LogP contribution in [0.1, 0.15) is 25.3 Å². The Balaban J connectivity index is 1.76. The summed E-state index contributed by atoms with van der Waals surface area (Å²) in [5.74, 6) is -0.193. The zero-order valence-corrected chi connectivity index (χ0v) is 20.6. The summed E-state index contributed by atoms with van der Waals surface area (Å²) in [6.07, 6.45) is 0.261. The Morgan fingerprint density at radius 2 is 1.68 bits per heavy atom. The van der Waals surface area contributed by atoms with Crippen molar-refractivity contribution in [3.63, 3.8) is 0 Å². The van der Waals surface area contributed by atoms with E-state index in [1.165, 1.54) is 31.4 Å². The second kappa shape index (κ2) is 11.7. The third kappa shape index (κ3) is 5.89. The minimum absolute atomic E-state index is 0.00546. The molecule has 0 radical (unpaired) electrons. The first kappa shape index (κ1) is 26.0. The number of nitrogens with zero attached hydrogens (tertiary/aromatic N) is 1. The van der Waals surface area contributed by atoms with Gasteiger partial charge in [-0.1, -0.05) is 25.5 Å². The topological polar surface area (TPSA) is 102 Å². The molecule has 1 fully saturated rings. The van der Waals surface area contributed by atoms with Crippen molar-refractivity contribution >= 4 is 15.8 Å². The standard InChI is InChI=1S/C25H33NO7S/c1-3-12-25(24(27)28,34(29,30)23-10-8-21(31-2)9-11-23)19-20-4-6-22(7-5-20)33-18-15-26-13-16-32-17-14-26/h4-11H,3,12-19H2,1-2H3,(H,27,28). The molecule has 1 N–H and O–H groups in total. The van der Waals surface area contributed by atoms with E-state index in [-0.39, 0.29) is 17.7 Å². The van der Waals surface area contributed by atoms with Gasteiger partial charge < -0.3 is 19.3 Å². The van der Waals surface area contributed by atoms with E-state index in [1.807, 2.05) is 0 Å². The number of hydrogen-bond donors (Lipinski definition) is 1. The van der Waals surface area contributed by atoms with Crippen molar-refractivity contribution in [2.45, 2.75) is 35.8 Å². The Morgan fingerprint density at radius 1 is 1.06 bits per heavy atom. The average Bonchev–Trinajstić information content (AvgIpc) is 2.85. The molecule has 1 aliphatic heterocycles. The summed E-state index contributed by atoms with van der Waals surface area (Å²) in [7, 11) is -2.70. The maximum atomic E-state index is 13.6. The van der Waals surface area contributed by atoms with E-state index in [9.17, 15) is 18.3 Å². The number of morpholine rings is 1. The van der Waals surface area contributed by atoms with E-state index in [0.29, 0.717) is 30.1 Å². The Hall–Kier alpha value is -2.62. The van der Waals surface area contributed by atoms with Gasteiger partial charge in [-0.25, -0.2) is 8.42 Å². The van der Waals surface area contributed by atoms with Gasteiger partial charge in [-0.15, -0.1) is 0 Å². The fourth-order valence-electron chi connectivity index (χ4n) is 4.15. The molecule has 9 heteroatoms. The van der Waals surface area contributed by atoms with Crippen molar-refractivity contribution in [1.82, 2.24) is 4.90 Å². The number of methoxy groups -OCH3 is 1. The number of aliphatic carboxylic acids is 1. The SMILES string of the molecule is CCCC(Cc1ccc(OCCN2CCOCC2)cc1)(C(=O)O)S(=O)(=O)c1ccc(OC)cc1. The largest absolute Gasteiger partial charge is 0.497 e. The molecule has 0 bridgehead atoms. The van der Waals surface area contributed by atoms with Gasteiger partial charge in [-0.2, -0.15) is 0 Å². The van der Waals surface area contributed by atoms with Crippen LogP contribution in [-0.4, -0.2) is 75.7 Å². The molecule has 1 heterocycles. The highest BCUT2D eigenvalue weighted by atomic mass is 32.2. The molecule has 1 saturated heterocycles. The minimum atomic E-state index is -4.19. The molecule has 8 nitrogen and oxygen atoms in total. The van der Waals surface area contributed by atoms with Gasteiger partial charge in [0.2, 0.25) is 0 Å². The number of benzene rings is 2. The minimum Gasteiger partial charge on any atom is -0.497 e. The van der Waals surface area contributed by atoms with Crippen LogP contribution in [0.25, 0.3) is 0 Å². The van der Waals surface area contributed by atoms with Gasteiger partial charge >= 0.3 is 5.97 Å². The van der Waals surface area contributed by atoms with Crippen molar-refractivity contribution in [3.8, 4) is 11.5 Å². The van der Waals surface area contributed by atoms with Gasteiger partial charge in [0.05, 0.1) is 25.2 Å². The van der Waals surface area contributed by atoms with Crippen molar-refractivity contribution in [2.75, 3.05) is 46.6 Å². The van der Waals surface area contributed by atoms with E-state index in [4.69, 9.17) is 14.2 Å². The van der Waals surface area contributed by atoms with Crippen LogP contribution in [0.2, 0.25) is 0 Å². The smallest absolute Gasteiger partial charge is 0.325 e. The fraction of sp³-hybridized carbons (Fsp3) is 0.480. The van der Waals surface area contributed by atoms with Crippen molar-refractivity contribution in [2.24, 2.45) is 0 Å². The highest BCUT2D eigenvalue weighted by Crippen LogP contribution is 2.35. The maximum absolute atomic E-state index is 13.6. The zero-order valence-electron chi connectivity index (χ0n) is 19.7. The molecule has 0 saturated carbocycles. The van der Waals surface area contributed by atoms with Crippen LogP contribution in [-0.2, 0) is 25.8 Å². The fourth-order valence-corrected chi connectivity index (χ4v) is 6.16. The third-order valence-electron chi connectivity index (χ3n) is 6.12. The summed E-state index contributed by atoms with van der Waals surface area (Å²) in [4.78, 5) is 14.7. The van der Waals surface area contributed by atoms with Crippen LogP contribution >= 0.6 is 0 Å². The van der Waals surface area contributed by atoms with Crippen LogP contribution < -0.4 is 9.47 Å². The zero-order chi connectivity index (χ0) is 24.6. The van der Waals surface area contributed by atoms with E-state index >= 15 is 0 Å². The van der Waals surface area contributed by atoms with Crippen molar-refractivity contribution < 1.29 is 32.5 Å². The maximum Gasteiger partial charge on any atom is 0.325 e. The summed E-state index contributed by atoms with van der Waals surface area (Å²) in [6, 6.07) is 12.8. The van der Waals surface area contributed by atoms with Crippen molar-refractivity contribution in [3.05, 3.63) is 54.1 Å². The lowest BCUT2D eigenvalue weighted by Gasteiger charge is -2.29. The number of sulfone groups is 1. The third-order valence-corrected chi connectivity index (χ3v) is 8.57. The number of hydrogen-bond acceptors (Lipinski definition) is 7. The van der Waals surface area contributed by atoms with Gasteiger partial charge in [-0.05, 0) is 48.4 Å². The molecular weight excluding hydrogens is 458 g/mol. The number of ether oxygens (including phenoxy) is 3. The quantitative estimate of drug-likeness (QED) is 0.483. The average molecular weight is 492 g/mol. The van der Waals surface area contributed by atoms with Gasteiger partial charge in [0.1, 0.15) is 18.1 Å². The summed E-state index contributed by atoms with van der Waals surface area (Å²) in [5, 5.41) is 10.2. The highest BCUT2D eigenvalue weighted by Gasteiger charge is 2.51. The van der Waals surface area contributed by atoms with Crippen LogP contribution in [0.3, 0.4) is 0 Å². The normalized spacial score (nSPS) is 16.5. The van der Waals surface area contributed by atoms with E-state index in [0.717, 1.165) is 32.8 Å². The lowest BCUT2D eigenvalue weighted by molar-refractivity contribution is -0.140. The van der Waals surface area contributed by atoms with Gasteiger partial charge in [-0.3, -0.25) is 9.69 Å². The molecule has 1 aliphatic rings. The Labute approximate surface area is 201 Å². The van der Waals surface area contributed by atoms with Crippen LogP contribution in [0.15, 0.2) is 53.4 Å². The number of carboxylic acid groups (broad SMARTS) is 1. The first-order chi connectivity index (χ1) is 16.3. The van der Waals surface area contributed by atoms with Crippen LogP contribution in [0.5, 0.6) is 11.5 Å². The molecule has 1 unspecified atom stereocenters. The monoisotopic (exact) mass is 491 g/mol. The number of carbonyl (C=O) groups is 1. The van der Waals surface area contributed by atoms with E-state index in [2.05, 4.69) is 4.90 Å². The molecular formula is C25H33NO7S. The predicted molar refractivity (Wildman–Crippen MR) is 128 cm³/mol. The molecule has 0 amide bonds. The summed E-state index contributed by atoms with van der Waals surface area (Å²) in [6.45, 7) is 6.35. The predicted octanol–water partition coefficient (Wildman–Crippen LogP) is 3.05. The van der Waals surface area contributed by atoms with Gasteiger partial charge in [0, 0.05) is 26.1 Å². The van der Waals surface area contributed by atoms with Gasteiger partial charge in [0.15, 0.2) is 14.6 Å². The first-order valence-corrected chi connectivity index (χ1v) is 12.9. The molecule has 2 aromatic carbocycles. The Kier molecular flexibility index (Phi) is 8.93. The Bertz CT molecular complexity index is 1030. The lowest BCUT2D eigenvalue weighted by Crippen LogP contribution is -2.48. The summed E-state index contributed by atoms with van der Waals surface area (Å²) >= 11 is 0. The molecule has 3 rings (SSSR count). The van der Waals surface area contributed by atoms with Crippen molar-refractivity contribution in [1.29, 1.82) is 0 Å². The molecule has 0 spiro atoms. The van der Waals surface area contributed by atoms with Gasteiger partial charge in [0.25, 0.3) is 0 Å². The molecule has 0 aromatic heterocycles. The second-order valence-corrected chi connectivity index (χ2v) is 10.6. The molecule has 1 atom stereocenters. The summed E-state index contributed by atoms with van der Waals surface area (Å²) in [5.41, 5.74) is 0.619. The van der Waals surface area contributed by atoms with Crippen LogP contribution in [0.4, 0.5) is 0 Å². The first-order valence-electron chi connectivity index (χ1n) is 11.5. The number of rotatable bonds is 12. The lowest BCUT2D eigenvalue weighted by atomic mass is 9.94. The second-order valence-electron chi connectivity index (χ2n) is 8.35. The Morgan fingerprint density at radius 3 is 2.24 bits per heavy atom.